The fourth-order valence-corrected chi connectivity index (χ4v) is 4.72. The van der Waals surface area contributed by atoms with Gasteiger partial charge in [0.15, 0.2) is 0 Å². The molecular formula is C24H26N2O6. The first-order chi connectivity index (χ1) is 15.5. The lowest BCUT2D eigenvalue weighted by Gasteiger charge is -2.32. The molecule has 168 valence electrons. The average molecular weight is 438 g/mol. The van der Waals surface area contributed by atoms with E-state index in [4.69, 9.17) is 9.47 Å². The number of para-hydroxylation sites is 1. The number of carbonyl (C=O) groups is 2. The summed E-state index contributed by atoms with van der Waals surface area (Å²) >= 11 is 0. The van der Waals surface area contributed by atoms with Gasteiger partial charge in [0, 0.05) is 29.9 Å². The maximum absolute atomic E-state index is 13.4. The number of hydrogen-bond acceptors (Lipinski definition) is 6. The molecule has 0 radical (unpaired) electrons. The lowest BCUT2D eigenvalue weighted by atomic mass is 9.78. The lowest BCUT2D eigenvalue weighted by Crippen LogP contribution is -2.42. The molecule has 0 N–H and O–H groups in total. The maximum atomic E-state index is 13.4. The van der Waals surface area contributed by atoms with Gasteiger partial charge in [0.25, 0.3) is 5.69 Å². The number of benzene rings is 2. The number of fused-ring (bicyclic) bond motifs is 1. The molecule has 0 saturated heterocycles. The van der Waals surface area contributed by atoms with Gasteiger partial charge in [-0.05, 0) is 37.0 Å². The second-order valence-corrected chi connectivity index (χ2v) is 8.23. The quantitative estimate of drug-likeness (QED) is 0.383. The Kier molecular flexibility index (Phi) is 6.39. The van der Waals surface area contributed by atoms with Gasteiger partial charge in [-0.2, -0.15) is 0 Å². The van der Waals surface area contributed by atoms with Crippen LogP contribution in [0.5, 0.6) is 5.75 Å². The summed E-state index contributed by atoms with van der Waals surface area (Å²) in [5.74, 6) is -0.995. The minimum absolute atomic E-state index is 0.0236. The van der Waals surface area contributed by atoms with Gasteiger partial charge >= 0.3 is 5.97 Å². The minimum atomic E-state index is -0.520. The molecule has 32 heavy (non-hydrogen) atoms. The van der Waals surface area contributed by atoms with Crippen LogP contribution >= 0.6 is 0 Å². The molecule has 1 aliphatic heterocycles. The Bertz CT molecular complexity index is 1040. The summed E-state index contributed by atoms with van der Waals surface area (Å²) in [5.41, 5.74) is 2.39. The normalized spacial score (nSPS) is 19.8. The van der Waals surface area contributed by atoms with Gasteiger partial charge in [-0.1, -0.05) is 31.0 Å². The molecule has 4 rings (SSSR count). The van der Waals surface area contributed by atoms with Gasteiger partial charge in [0.2, 0.25) is 5.91 Å². The molecule has 2 aromatic carbocycles. The van der Waals surface area contributed by atoms with Crippen LogP contribution in [-0.2, 0) is 27.4 Å². The zero-order valence-electron chi connectivity index (χ0n) is 18.0. The van der Waals surface area contributed by atoms with Gasteiger partial charge in [-0.3, -0.25) is 19.7 Å². The van der Waals surface area contributed by atoms with Crippen LogP contribution in [0.3, 0.4) is 0 Å². The summed E-state index contributed by atoms with van der Waals surface area (Å²) in [6, 6.07) is 12.0. The van der Waals surface area contributed by atoms with E-state index in [9.17, 15) is 19.7 Å². The Morgan fingerprint density at radius 1 is 1.12 bits per heavy atom. The van der Waals surface area contributed by atoms with Crippen LogP contribution in [0.1, 0.15) is 36.8 Å². The third-order valence-electron chi connectivity index (χ3n) is 6.38. The van der Waals surface area contributed by atoms with Crippen molar-refractivity contribution in [2.45, 2.75) is 38.7 Å². The van der Waals surface area contributed by atoms with E-state index in [-0.39, 0.29) is 18.2 Å². The van der Waals surface area contributed by atoms with Crippen molar-refractivity contribution in [1.82, 2.24) is 0 Å². The molecule has 8 nitrogen and oxygen atoms in total. The van der Waals surface area contributed by atoms with Crippen molar-refractivity contribution in [3.05, 3.63) is 63.7 Å². The monoisotopic (exact) mass is 438 g/mol. The van der Waals surface area contributed by atoms with E-state index in [1.165, 1.54) is 25.3 Å². The number of esters is 1. The molecule has 0 spiro atoms. The molecule has 2 aromatic rings. The van der Waals surface area contributed by atoms with Gasteiger partial charge in [-0.15, -0.1) is 0 Å². The van der Waals surface area contributed by atoms with Crippen molar-refractivity contribution in [3.8, 4) is 5.75 Å². The van der Waals surface area contributed by atoms with E-state index in [1.54, 1.807) is 4.90 Å². The predicted octanol–water partition coefficient (Wildman–Crippen LogP) is 4.04. The average Bonchev–Trinajstić information content (AvgIpc) is 3.26. The van der Waals surface area contributed by atoms with Crippen molar-refractivity contribution >= 4 is 23.3 Å². The van der Waals surface area contributed by atoms with Gasteiger partial charge in [0.05, 0.1) is 23.9 Å². The number of nitrogens with zero attached hydrogens (tertiary/aromatic N) is 2. The molecule has 1 heterocycles. The van der Waals surface area contributed by atoms with Crippen LogP contribution in [-0.4, -0.2) is 30.5 Å². The molecule has 0 aromatic heterocycles. The maximum Gasteiger partial charge on any atom is 0.310 e. The van der Waals surface area contributed by atoms with Crippen LogP contribution in [0.15, 0.2) is 42.5 Å². The number of nitro benzene ring substituents is 1. The van der Waals surface area contributed by atoms with E-state index in [0.717, 1.165) is 30.5 Å². The predicted molar refractivity (Wildman–Crippen MR) is 117 cm³/mol. The Labute approximate surface area is 186 Å². The van der Waals surface area contributed by atoms with Crippen LogP contribution in [0.2, 0.25) is 0 Å². The molecule has 2 aliphatic rings. The van der Waals surface area contributed by atoms with Crippen molar-refractivity contribution in [2.75, 3.05) is 18.6 Å². The third kappa shape index (κ3) is 4.30. The fourth-order valence-electron chi connectivity index (χ4n) is 4.72. The minimum Gasteiger partial charge on any atom is -0.496 e. The highest BCUT2D eigenvalue weighted by Gasteiger charge is 2.40. The summed E-state index contributed by atoms with van der Waals surface area (Å²) in [6.45, 7) is 0.481. The molecular weight excluding hydrogens is 412 g/mol. The molecule has 1 aliphatic carbocycles. The molecule has 1 saturated carbocycles. The van der Waals surface area contributed by atoms with E-state index in [0.29, 0.717) is 30.7 Å². The van der Waals surface area contributed by atoms with Crippen LogP contribution in [0.4, 0.5) is 11.4 Å². The molecule has 2 unspecified atom stereocenters. The van der Waals surface area contributed by atoms with Gasteiger partial charge in [-0.25, -0.2) is 0 Å². The lowest BCUT2D eigenvalue weighted by molar-refractivity contribution is -0.385. The summed E-state index contributed by atoms with van der Waals surface area (Å²) in [7, 11) is 1.45. The Balaban J connectivity index is 1.47. The summed E-state index contributed by atoms with van der Waals surface area (Å²) < 4.78 is 10.8. The number of anilines is 1. The third-order valence-corrected chi connectivity index (χ3v) is 6.38. The first-order valence-corrected chi connectivity index (χ1v) is 10.9. The second-order valence-electron chi connectivity index (χ2n) is 8.23. The van der Waals surface area contributed by atoms with Crippen molar-refractivity contribution in [3.63, 3.8) is 0 Å². The number of amides is 1. The number of non-ortho nitro benzene ring substituents is 1. The molecule has 2 atom stereocenters. The first kappa shape index (κ1) is 21.8. The zero-order chi connectivity index (χ0) is 22.7. The standard InChI is InChI=1S/C24H26N2O6/c1-31-22-11-10-18(26(29)30)14-17(22)15-32-24(28)20-8-4-3-7-19(20)23(27)25-13-12-16-6-2-5-9-21(16)25/h2,5-6,9-11,14,19-20H,3-4,7-8,12-13,15H2,1H3. The number of hydrogen-bond donors (Lipinski definition) is 0. The molecule has 0 bridgehead atoms. The fraction of sp³-hybridized carbons (Fsp3) is 0.417. The molecule has 8 heteroatoms. The summed E-state index contributed by atoms with van der Waals surface area (Å²) in [6.07, 6.45) is 3.82. The second kappa shape index (κ2) is 9.38. The number of carbonyl (C=O) groups excluding carboxylic acids is 2. The number of rotatable bonds is 6. The smallest absolute Gasteiger partial charge is 0.310 e. The largest absolute Gasteiger partial charge is 0.496 e. The van der Waals surface area contributed by atoms with Gasteiger partial charge in [0.1, 0.15) is 12.4 Å². The van der Waals surface area contributed by atoms with Crippen molar-refractivity contribution < 1.29 is 24.0 Å². The summed E-state index contributed by atoms with van der Waals surface area (Å²) in [5, 5.41) is 11.1. The van der Waals surface area contributed by atoms with Crippen LogP contribution < -0.4 is 9.64 Å². The molecule has 1 amide bonds. The number of methoxy groups -OCH3 is 1. The van der Waals surface area contributed by atoms with Crippen molar-refractivity contribution in [1.29, 1.82) is 0 Å². The highest BCUT2D eigenvalue weighted by Crippen LogP contribution is 2.36. The highest BCUT2D eigenvalue weighted by molar-refractivity contribution is 5.99. The number of nitro groups is 1. The first-order valence-electron chi connectivity index (χ1n) is 10.9. The highest BCUT2D eigenvalue weighted by atomic mass is 16.6. The Morgan fingerprint density at radius 2 is 1.88 bits per heavy atom. The topological polar surface area (TPSA) is 99.0 Å². The molecule has 1 fully saturated rings. The van der Waals surface area contributed by atoms with Crippen LogP contribution in [0, 0.1) is 22.0 Å². The summed E-state index contributed by atoms with van der Waals surface area (Å²) in [4.78, 5) is 38.8. The van der Waals surface area contributed by atoms with E-state index in [2.05, 4.69) is 0 Å². The van der Waals surface area contributed by atoms with E-state index >= 15 is 0 Å². The van der Waals surface area contributed by atoms with E-state index in [1.807, 2.05) is 24.3 Å². The number of ether oxygens (including phenoxy) is 2. The van der Waals surface area contributed by atoms with Crippen LogP contribution in [0.25, 0.3) is 0 Å². The Hall–Kier alpha value is -3.42. The SMILES string of the molecule is COc1ccc([N+](=O)[O-])cc1COC(=O)C1CCCCC1C(=O)N1CCc2ccccc21. The Morgan fingerprint density at radius 3 is 2.62 bits per heavy atom. The zero-order valence-corrected chi connectivity index (χ0v) is 18.0. The van der Waals surface area contributed by atoms with E-state index < -0.39 is 22.7 Å². The van der Waals surface area contributed by atoms with Crippen molar-refractivity contribution in [2.24, 2.45) is 11.8 Å². The van der Waals surface area contributed by atoms with Gasteiger partial charge < -0.3 is 14.4 Å².